The molecule has 0 radical (unpaired) electrons. The summed E-state index contributed by atoms with van der Waals surface area (Å²) >= 11 is 0. The van der Waals surface area contributed by atoms with E-state index in [0.717, 1.165) is 24.9 Å². The molecule has 3 rings (SSSR count). The molecule has 1 N–H and O–H groups in total. The van der Waals surface area contributed by atoms with E-state index in [4.69, 9.17) is 8.94 Å². The van der Waals surface area contributed by atoms with Gasteiger partial charge in [-0.15, -0.1) is 0 Å². The zero-order valence-electron chi connectivity index (χ0n) is 9.06. The van der Waals surface area contributed by atoms with Crippen LogP contribution in [0, 0.1) is 6.92 Å². The highest BCUT2D eigenvalue weighted by molar-refractivity contribution is 5.51. The Bertz CT molecular complexity index is 483. The lowest BCUT2D eigenvalue weighted by Crippen LogP contribution is -2.12. The van der Waals surface area contributed by atoms with Crippen molar-refractivity contribution in [1.82, 2.24) is 15.5 Å². The molecule has 1 atom stereocenters. The molecule has 1 fully saturated rings. The number of rotatable bonds is 2. The van der Waals surface area contributed by atoms with Crippen molar-refractivity contribution in [3.63, 3.8) is 0 Å². The summed E-state index contributed by atoms with van der Waals surface area (Å²) in [5.74, 6) is 1.88. The van der Waals surface area contributed by atoms with E-state index < -0.39 is 0 Å². The fourth-order valence-corrected chi connectivity index (χ4v) is 1.97. The molecule has 0 aliphatic carbocycles. The second-order valence-corrected chi connectivity index (χ2v) is 4.04. The van der Waals surface area contributed by atoms with Crippen molar-refractivity contribution < 1.29 is 8.94 Å². The summed E-state index contributed by atoms with van der Waals surface area (Å²) in [7, 11) is 0. The van der Waals surface area contributed by atoms with Gasteiger partial charge in [-0.25, -0.2) is 0 Å². The van der Waals surface area contributed by atoms with Gasteiger partial charge in [0.2, 0.25) is 11.7 Å². The summed E-state index contributed by atoms with van der Waals surface area (Å²) in [5, 5.41) is 7.26. The first-order chi connectivity index (χ1) is 7.84. The van der Waals surface area contributed by atoms with Crippen LogP contribution in [0.5, 0.6) is 0 Å². The highest BCUT2D eigenvalue weighted by Crippen LogP contribution is 2.26. The zero-order chi connectivity index (χ0) is 11.0. The van der Waals surface area contributed by atoms with E-state index in [0.29, 0.717) is 17.5 Å². The molecule has 5 nitrogen and oxygen atoms in total. The molecule has 0 aromatic carbocycles. The smallest absolute Gasteiger partial charge is 0.244 e. The summed E-state index contributed by atoms with van der Waals surface area (Å²) in [4.78, 5) is 4.36. The Hall–Kier alpha value is -1.62. The minimum absolute atomic E-state index is 0.205. The quantitative estimate of drug-likeness (QED) is 0.837. The van der Waals surface area contributed by atoms with Crippen molar-refractivity contribution in [1.29, 1.82) is 0 Å². The number of aromatic nitrogens is 2. The van der Waals surface area contributed by atoms with E-state index in [9.17, 15) is 0 Å². The van der Waals surface area contributed by atoms with E-state index in [1.54, 1.807) is 6.26 Å². The molecule has 0 amide bonds. The largest absolute Gasteiger partial charge is 0.461 e. The van der Waals surface area contributed by atoms with Crippen LogP contribution in [0.25, 0.3) is 11.6 Å². The molecular formula is C11H13N3O2. The van der Waals surface area contributed by atoms with Crippen LogP contribution in [0.3, 0.4) is 0 Å². The van der Waals surface area contributed by atoms with Crippen LogP contribution in [-0.2, 0) is 0 Å². The van der Waals surface area contributed by atoms with Gasteiger partial charge < -0.3 is 14.3 Å². The first-order valence-corrected chi connectivity index (χ1v) is 5.46. The number of hydrogen-bond acceptors (Lipinski definition) is 5. The number of furan rings is 1. The molecule has 3 heterocycles. The Morgan fingerprint density at radius 2 is 2.44 bits per heavy atom. The molecule has 1 saturated heterocycles. The molecular weight excluding hydrogens is 206 g/mol. The predicted molar refractivity (Wildman–Crippen MR) is 56.7 cm³/mol. The highest BCUT2D eigenvalue weighted by atomic mass is 16.5. The van der Waals surface area contributed by atoms with Gasteiger partial charge in [-0.1, -0.05) is 5.16 Å². The summed E-state index contributed by atoms with van der Waals surface area (Å²) in [5.41, 5.74) is 1.02. The van der Waals surface area contributed by atoms with Crippen molar-refractivity contribution in [2.24, 2.45) is 0 Å². The van der Waals surface area contributed by atoms with Crippen LogP contribution in [0.4, 0.5) is 0 Å². The first kappa shape index (κ1) is 9.59. The van der Waals surface area contributed by atoms with Crippen LogP contribution < -0.4 is 5.32 Å². The molecule has 16 heavy (non-hydrogen) atoms. The van der Waals surface area contributed by atoms with Gasteiger partial charge in [-0.3, -0.25) is 0 Å². The lowest BCUT2D eigenvalue weighted by Gasteiger charge is -2.01. The molecule has 2 aromatic heterocycles. The highest BCUT2D eigenvalue weighted by Gasteiger charge is 2.23. The lowest BCUT2D eigenvalue weighted by molar-refractivity contribution is 0.344. The fraction of sp³-hybridized carbons (Fsp3) is 0.455. The van der Waals surface area contributed by atoms with Gasteiger partial charge in [-0.05, 0) is 37.9 Å². The van der Waals surface area contributed by atoms with Crippen molar-refractivity contribution in [3.05, 3.63) is 23.8 Å². The van der Waals surface area contributed by atoms with Crippen molar-refractivity contribution in [3.8, 4) is 11.6 Å². The van der Waals surface area contributed by atoms with Crippen LogP contribution >= 0.6 is 0 Å². The normalized spacial score (nSPS) is 20.4. The molecule has 5 heteroatoms. The Kier molecular flexibility index (Phi) is 2.25. The average Bonchev–Trinajstić information content (AvgIpc) is 2.96. The molecule has 0 spiro atoms. The Balaban J connectivity index is 1.90. The first-order valence-electron chi connectivity index (χ1n) is 5.46. The molecule has 1 aliphatic rings. The Labute approximate surface area is 92.8 Å². The third-order valence-corrected chi connectivity index (χ3v) is 2.87. The van der Waals surface area contributed by atoms with Gasteiger partial charge >= 0.3 is 0 Å². The summed E-state index contributed by atoms with van der Waals surface area (Å²) in [6.07, 6.45) is 3.84. The van der Waals surface area contributed by atoms with Gasteiger partial charge in [0.15, 0.2) is 5.76 Å². The average molecular weight is 219 g/mol. The minimum atomic E-state index is 0.205. The maximum atomic E-state index is 5.32. The lowest BCUT2D eigenvalue weighted by atomic mass is 10.2. The van der Waals surface area contributed by atoms with Crippen LogP contribution in [0.15, 0.2) is 21.3 Å². The third kappa shape index (κ3) is 1.53. The molecule has 2 aromatic rings. The second-order valence-electron chi connectivity index (χ2n) is 4.04. The predicted octanol–water partition coefficient (Wildman–Crippen LogP) is 2.06. The van der Waals surface area contributed by atoms with E-state index in [1.807, 2.05) is 13.0 Å². The maximum absolute atomic E-state index is 5.32. The van der Waals surface area contributed by atoms with E-state index in [-0.39, 0.29) is 6.04 Å². The number of aryl methyl sites for hydroxylation is 1. The van der Waals surface area contributed by atoms with Crippen molar-refractivity contribution >= 4 is 0 Å². The van der Waals surface area contributed by atoms with Gasteiger partial charge in [-0.2, -0.15) is 4.98 Å². The summed E-state index contributed by atoms with van der Waals surface area (Å²) in [6.45, 7) is 2.98. The molecule has 1 aliphatic heterocycles. The third-order valence-electron chi connectivity index (χ3n) is 2.87. The van der Waals surface area contributed by atoms with Gasteiger partial charge in [0, 0.05) is 0 Å². The monoisotopic (exact) mass is 219 g/mol. The van der Waals surface area contributed by atoms with Gasteiger partial charge in [0.25, 0.3) is 0 Å². The molecule has 0 bridgehead atoms. The number of nitrogens with one attached hydrogen (secondary N) is 1. The number of nitrogens with zero attached hydrogens (tertiary/aromatic N) is 2. The van der Waals surface area contributed by atoms with Gasteiger partial charge in [0.1, 0.15) is 0 Å². The second kappa shape index (κ2) is 3.75. The van der Waals surface area contributed by atoms with Crippen LogP contribution in [0.1, 0.15) is 30.3 Å². The number of hydrogen-bond donors (Lipinski definition) is 1. The Morgan fingerprint density at radius 3 is 3.12 bits per heavy atom. The van der Waals surface area contributed by atoms with Crippen molar-refractivity contribution in [2.75, 3.05) is 6.54 Å². The van der Waals surface area contributed by atoms with Crippen molar-refractivity contribution in [2.45, 2.75) is 25.8 Å². The topological polar surface area (TPSA) is 64.1 Å². The SMILES string of the molecule is Cc1ccoc1-c1noc(C2CCCN2)n1. The van der Waals surface area contributed by atoms with Gasteiger partial charge in [0.05, 0.1) is 12.3 Å². The Morgan fingerprint density at radius 1 is 1.50 bits per heavy atom. The van der Waals surface area contributed by atoms with Crippen LogP contribution in [0.2, 0.25) is 0 Å². The van der Waals surface area contributed by atoms with E-state index in [2.05, 4.69) is 15.5 Å². The summed E-state index contributed by atoms with van der Waals surface area (Å²) in [6, 6.07) is 2.09. The van der Waals surface area contributed by atoms with E-state index in [1.165, 1.54) is 0 Å². The molecule has 0 saturated carbocycles. The van der Waals surface area contributed by atoms with Crippen LogP contribution in [-0.4, -0.2) is 16.7 Å². The maximum Gasteiger partial charge on any atom is 0.244 e. The fourth-order valence-electron chi connectivity index (χ4n) is 1.97. The van der Waals surface area contributed by atoms with E-state index >= 15 is 0 Å². The summed E-state index contributed by atoms with van der Waals surface area (Å²) < 4.78 is 10.6. The molecule has 84 valence electrons. The zero-order valence-corrected chi connectivity index (χ0v) is 9.06. The minimum Gasteiger partial charge on any atom is -0.461 e. The molecule has 1 unspecified atom stereocenters. The standard InChI is InChI=1S/C11H13N3O2/c1-7-4-6-15-9(7)10-13-11(16-14-10)8-3-2-5-12-8/h4,6,8,12H,2-3,5H2,1H3.